The van der Waals surface area contributed by atoms with Gasteiger partial charge in [-0.05, 0) is 42.1 Å². The first-order chi connectivity index (χ1) is 8.15. The summed E-state index contributed by atoms with van der Waals surface area (Å²) >= 11 is 9.43. The van der Waals surface area contributed by atoms with Gasteiger partial charge in [0.2, 0.25) is 0 Å². The maximum Gasteiger partial charge on any atom is 0.0417 e. The minimum atomic E-state index is 0.0870. The van der Waals surface area contributed by atoms with Crippen molar-refractivity contribution in [2.24, 2.45) is 5.73 Å². The highest BCUT2D eigenvalue weighted by atomic mass is 35.5. The van der Waals surface area contributed by atoms with Gasteiger partial charge in [0.1, 0.15) is 0 Å². The molecule has 4 heteroatoms. The highest BCUT2D eigenvalue weighted by Crippen LogP contribution is 2.27. The predicted molar refractivity (Wildman–Crippen MR) is 78.2 cm³/mol. The fourth-order valence-electron chi connectivity index (χ4n) is 1.50. The molecule has 0 radical (unpaired) electrons. The quantitative estimate of drug-likeness (QED) is 0.836. The smallest absolute Gasteiger partial charge is 0.0417 e. The summed E-state index contributed by atoms with van der Waals surface area (Å²) in [4.78, 5) is 2.48. The average molecular weight is 284 g/mol. The molecule has 1 heterocycles. The second-order valence-electron chi connectivity index (χ2n) is 3.87. The molecule has 0 aliphatic rings. The Hall–Kier alpha value is -0.480. The first kappa shape index (κ1) is 13.0. The van der Waals surface area contributed by atoms with Gasteiger partial charge >= 0.3 is 0 Å². The SMILES string of the molecule is Cc1cc(C(N)CSc2cccc(Cl)c2)cs1. The van der Waals surface area contributed by atoms with Crippen molar-refractivity contribution in [3.63, 3.8) is 0 Å². The Morgan fingerprint density at radius 3 is 2.88 bits per heavy atom. The summed E-state index contributed by atoms with van der Waals surface area (Å²) in [6, 6.07) is 10.1. The fourth-order valence-corrected chi connectivity index (χ4v) is 3.47. The van der Waals surface area contributed by atoms with Crippen molar-refractivity contribution in [2.45, 2.75) is 17.9 Å². The lowest BCUT2D eigenvalue weighted by Crippen LogP contribution is -2.11. The number of thiophene rings is 1. The molecular weight excluding hydrogens is 270 g/mol. The molecule has 1 nitrogen and oxygen atoms in total. The van der Waals surface area contributed by atoms with Gasteiger partial charge in [0.25, 0.3) is 0 Å². The molecule has 1 aromatic carbocycles. The van der Waals surface area contributed by atoms with Crippen molar-refractivity contribution in [1.82, 2.24) is 0 Å². The fraction of sp³-hybridized carbons (Fsp3) is 0.231. The molecule has 2 N–H and O–H groups in total. The van der Waals surface area contributed by atoms with E-state index in [9.17, 15) is 0 Å². The molecule has 1 atom stereocenters. The van der Waals surface area contributed by atoms with Crippen LogP contribution in [0, 0.1) is 6.92 Å². The van der Waals surface area contributed by atoms with Crippen LogP contribution in [0.25, 0.3) is 0 Å². The average Bonchev–Trinajstić information content (AvgIpc) is 2.73. The molecule has 90 valence electrons. The van der Waals surface area contributed by atoms with E-state index in [1.807, 2.05) is 18.2 Å². The molecule has 0 aliphatic carbocycles. The Labute approximate surface area is 115 Å². The number of aryl methyl sites for hydroxylation is 1. The normalized spacial score (nSPS) is 12.6. The van der Waals surface area contributed by atoms with Gasteiger partial charge in [-0.3, -0.25) is 0 Å². The minimum absolute atomic E-state index is 0.0870. The molecule has 0 aliphatic heterocycles. The lowest BCUT2D eigenvalue weighted by Gasteiger charge is -2.09. The van der Waals surface area contributed by atoms with Gasteiger partial charge in [-0.25, -0.2) is 0 Å². The summed E-state index contributed by atoms with van der Waals surface area (Å²) in [7, 11) is 0. The predicted octanol–water partition coefficient (Wildman–Crippen LogP) is 4.50. The van der Waals surface area contributed by atoms with Crippen molar-refractivity contribution < 1.29 is 0 Å². The lowest BCUT2D eigenvalue weighted by atomic mass is 10.2. The van der Waals surface area contributed by atoms with Gasteiger partial charge in [0.15, 0.2) is 0 Å². The monoisotopic (exact) mass is 283 g/mol. The van der Waals surface area contributed by atoms with Crippen LogP contribution in [-0.2, 0) is 0 Å². The van der Waals surface area contributed by atoms with Crippen LogP contribution in [0.5, 0.6) is 0 Å². The number of hydrogen-bond acceptors (Lipinski definition) is 3. The number of nitrogens with two attached hydrogens (primary N) is 1. The zero-order valence-corrected chi connectivity index (χ0v) is 11.9. The molecule has 17 heavy (non-hydrogen) atoms. The molecule has 0 fully saturated rings. The van der Waals surface area contributed by atoms with E-state index in [1.54, 1.807) is 23.1 Å². The summed E-state index contributed by atoms with van der Waals surface area (Å²) in [6.07, 6.45) is 0. The van der Waals surface area contributed by atoms with Crippen LogP contribution in [0.4, 0.5) is 0 Å². The second kappa shape index (κ2) is 5.91. The van der Waals surface area contributed by atoms with Crippen LogP contribution in [-0.4, -0.2) is 5.75 Å². The first-order valence-corrected chi connectivity index (χ1v) is 7.58. The molecule has 2 aromatic rings. The number of benzene rings is 1. The van der Waals surface area contributed by atoms with E-state index in [0.717, 1.165) is 10.8 Å². The molecule has 0 amide bonds. The van der Waals surface area contributed by atoms with E-state index in [1.165, 1.54) is 15.3 Å². The molecule has 0 spiro atoms. The highest BCUT2D eigenvalue weighted by molar-refractivity contribution is 7.99. The molecular formula is C13H14ClNS2. The number of thioether (sulfide) groups is 1. The Morgan fingerprint density at radius 1 is 1.41 bits per heavy atom. The molecule has 0 saturated carbocycles. The van der Waals surface area contributed by atoms with Crippen LogP contribution in [0.1, 0.15) is 16.5 Å². The summed E-state index contributed by atoms with van der Waals surface area (Å²) in [6.45, 7) is 2.10. The van der Waals surface area contributed by atoms with Crippen molar-refractivity contribution in [3.8, 4) is 0 Å². The first-order valence-electron chi connectivity index (χ1n) is 5.34. The van der Waals surface area contributed by atoms with Gasteiger partial charge in [-0.15, -0.1) is 23.1 Å². The van der Waals surface area contributed by atoms with Gasteiger partial charge < -0.3 is 5.73 Å². The summed E-state index contributed by atoms with van der Waals surface area (Å²) in [5, 5.41) is 2.91. The van der Waals surface area contributed by atoms with Crippen molar-refractivity contribution in [2.75, 3.05) is 5.75 Å². The number of hydrogen-bond donors (Lipinski definition) is 1. The third kappa shape index (κ3) is 3.75. The summed E-state index contributed by atoms with van der Waals surface area (Å²) in [5.74, 6) is 0.872. The zero-order chi connectivity index (χ0) is 12.3. The topological polar surface area (TPSA) is 26.0 Å². The van der Waals surface area contributed by atoms with Crippen LogP contribution < -0.4 is 5.73 Å². The maximum atomic E-state index is 6.15. The maximum absolute atomic E-state index is 6.15. The number of rotatable bonds is 4. The van der Waals surface area contributed by atoms with Crippen molar-refractivity contribution in [1.29, 1.82) is 0 Å². The Kier molecular flexibility index (Phi) is 4.51. The van der Waals surface area contributed by atoms with Crippen LogP contribution >= 0.6 is 34.7 Å². The Morgan fingerprint density at radius 2 is 2.24 bits per heavy atom. The largest absolute Gasteiger partial charge is 0.323 e. The molecule has 1 aromatic heterocycles. The van der Waals surface area contributed by atoms with Crippen molar-refractivity contribution in [3.05, 3.63) is 51.2 Å². The van der Waals surface area contributed by atoms with Gasteiger partial charge in [-0.2, -0.15) is 0 Å². The van der Waals surface area contributed by atoms with E-state index in [2.05, 4.69) is 24.4 Å². The van der Waals surface area contributed by atoms with Gasteiger partial charge in [-0.1, -0.05) is 17.7 Å². The van der Waals surface area contributed by atoms with E-state index in [0.29, 0.717) is 0 Å². The third-order valence-electron chi connectivity index (χ3n) is 2.40. The van der Waals surface area contributed by atoms with E-state index in [4.69, 9.17) is 17.3 Å². The van der Waals surface area contributed by atoms with E-state index < -0.39 is 0 Å². The molecule has 0 saturated heterocycles. The summed E-state index contributed by atoms with van der Waals surface area (Å²) in [5.41, 5.74) is 7.37. The van der Waals surface area contributed by atoms with Gasteiger partial charge in [0.05, 0.1) is 0 Å². The summed E-state index contributed by atoms with van der Waals surface area (Å²) < 4.78 is 0. The number of halogens is 1. The van der Waals surface area contributed by atoms with E-state index in [-0.39, 0.29) is 6.04 Å². The van der Waals surface area contributed by atoms with Gasteiger partial charge in [0, 0.05) is 26.6 Å². The molecule has 1 unspecified atom stereocenters. The third-order valence-corrected chi connectivity index (χ3v) is 4.63. The standard InChI is InChI=1S/C13H14ClNS2/c1-9-5-10(7-16-9)13(15)8-17-12-4-2-3-11(14)6-12/h2-7,13H,8,15H2,1H3. The Balaban J connectivity index is 1.94. The highest BCUT2D eigenvalue weighted by Gasteiger charge is 2.08. The lowest BCUT2D eigenvalue weighted by molar-refractivity contribution is 0.835. The Bertz CT molecular complexity index is 496. The van der Waals surface area contributed by atoms with E-state index >= 15 is 0 Å². The zero-order valence-electron chi connectivity index (χ0n) is 9.52. The molecule has 0 bridgehead atoms. The van der Waals surface area contributed by atoms with Crippen molar-refractivity contribution >= 4 is 34.7 Å². The van der Waals surface area contributed by atoms with Crippen LogP contribution in [0.2, 0.25) is 5.02 Å². The van der Waals surface area contributed by atoms with Crippen LogP contribution in [0.3, 0.4) is 0 Å². The molecule has 2 rings (SSSR count). The minimum Gasteiger partial charge on any atom is -0.323 e. The van der Waals surface area contributed by atoms with Crippen LogP contribution in [0.15, 0.2) is 40.6 Å². The second-order valence-corrected chi connectivity index (χ2v) is 6.51.